The summed E-state index contributed by atoms with van der Waals surface area (Å²) in [5, 5.41) is 9.60. The third-order valence-corrected chi connectivity index (χ3v) is 3.20. The maximum atomic E-state index is 13.1. The van der Waals surface area contributed by atoms with Crippen molar-refractivity contribution in [1.82, 2.24) is 4.90 Å². The number of aliphatic hydroxyl groups is 1. The van der Waals surface area contributed by atoms with Crippen LogP contribution in [0.15, 0.2) is 18.2 Å². The van der Waals surface area contributed by atoms with E-state index >= 15 is 0 Å². The lowest BCUT2D eigenvalue weighted by Gasteiger charge is -2.32. The summed E-state index contributed by atoms with van der Waals surface area (Å²) in [7, 11) is 0. The van der Waals surface area contributed by atoms with Gasteiger partial charge in [-0.05, 0) is 23.8 Å². The zero-order chi connectivity index (χ0) is 12.3. The number of morpholine rings is 1. The van der Waals surface area contributed by atoms with E-state index in [4.69, 9.17) is 21.4 Å². The Kier molecular flexibility index (Phi) is 4.34. The van der Waals surface area contributed by atoms with Crippen LogP contribution in [0.5, 0.6) is 0 Å². The van der Waals surface area contributed by atoms with Gasteiger partial charge in [-0.2, -0.15) is 0 Å². The van der Waals surface area contributed by atoms with E-state index in [1.807, 2.05) is 0 Å². The van der Waals surface area contributed by atoms with Crippen LogP contribution in [0.3, 0.4) is 0 Å². The quantitative estimate of drug-likeness (QED) is 0.896. The van der Waals surface area contributed by atoms with Crippen molar-refractivity contribution in [3.8, 4) is 0 Å². The van der Waals surface area contributed by atoms with Crippen molar-refractivity contribution in [3.63, 3.8) is 0 Å². The Hall–Kier alpha value is -0.680. The maximum Gasteiger partial charge on any atom is 0.123 e. The molecule has 94 valence electrons. The summed E-state index contributed by atoms with van der Waals surface area (Å²) in [6.07, 6.45) is -0.156. The molecule has 1 unspecified atom stereocenters. The van der Waals surface area contributed by atoms with Gasteiger partial charge in [-0.3, -0.25) is 4.90 Å². The first kappa shape index (κ1) is 12.8. The van der Waals surface area contributed by atoms with Crippen molar-refractivity contribution in [2.45, 2.75) is 12.6 Å². The third-order valence-electron chi connectivity index (χ3n) is 2.83. The molecule has 0 spiro atoms. The summed E-state index contributed by atoms with van der Waals surface area (Å²) >= 11 is 6.01. The fourth-order valence-electron chi connectivity index (χ4n) is 1.94. The first-order chi connectivity index (χ1) is 8.19. The molecular formula is C12H15ClFNO2. The number of hydrogen-bond donors (Lipinski definition) is 1. The summed E-state index contributed by atoms with van der Waals surface area (Å²) in [5.41, 5.74) is 0.769. The minimum Gasteiger partial charge on any atom is -0.394 e. The average Bonchev–Trinajstić information content (AvgIpc) is 2.34. The molecule has 0 amide bonds. The van der Waals surface area contributed by atoms with E-state index in [2.05, 4.69) is 4.90 Å². The molecule has 1 N–H and O–H groups in total. The minimum absolute atomic E-state index is 0.00732. The summed E-state index contributed by atoms with van der Waals surface area (Å²) in [6.45, 7) is 2.58. The van der Waals surface area contributed by atoms with Gasteiger partial charge in [-0.1, -0.05) is 11.6 Å². The molecule has 2 rings (SSSR count). The molecule has 1 aliphatic rings. The molecule has 0 aliphatic carbocycles. The van der Waals surface area contributed by atoms with Crippen molar-refractivity contribution >= 4 is 11.6 Å². The van der Waals surface area contributed by atoms with E-state index in [1.54, 1.807) is 6.07 Å². The highest BCUT2D eigenvalue weighted by Crippen LogP contribution is 2.20. The molecule has 3 nitrogen and oxygen atoms in total. The molecule has 1 atom stereocenters. The Bertz CT molecular complexity index is 389. The lowest BCUT2D eigenvalue weighted by molar-refractivity contribution is -0.0551. The van der Waals surface area contributed by atoms with Crippen LogP contribution in [0, 0.1) is 5.82 Å². The smallest absolute Gasteiger partial charge is 0.123 e. The van der Waals surface area contributed by atoms with Crippen molar-refractivity contribution in [3.05, 3.63) is 34.6 Å². The molecule has 0 aromatic heterocycles. The van der Waals surface area contributed by atoms with Crippen molar-refractivity contribution in [2.24, 2.45) is 0 Å². The van der Waals surface area contributed by atoms with Gasteiger partial charge in [0, 0.05) is 24.7 Å². The molecule has 0 radical (unpaired) electrons. The van der Waals surface area contributed by atoms with Crippen LogP contribution >= 0.6 is 11.6 Å². The van der Waals surface area contributed by atoms with Crippen LogP contribution in [0.25, 0.3) is 0 Å². The highest BCUT2D eigenvalue weighted by Gasteiger charge is 2.20. The predicted octanol–water partition coefficient (Wildman–Crippen LogP) is 1.67. The van der Waals surface area contributed by atoms with Crippen molar-refractivity contribution in [1.29, 1.82) is 0 Å². The summed E-state index contributed by atoms with van der Waals surface area (Å²) < 4.78 is 18.5. The molecule has 1 fully saturated rings. The summed E-state index contributed by atoms with van der Waals surface area (Å²) in [6, 6.07) is 4.36. The van der Waals surface area contributed by atoms with Crippen LogP contribution in [0.4, 0.5) is 4.39 Å². The Balaban J connectivity index is 2.02. The van der Waals surface area contributed by atoms with E-state index in [-0.39, 0.29) is 18.5 Å². The fourth-order valence-corrected chi connectivity index (χ4v) is 2.12. The van der Waals surface area contributed by atoms with Crippen LogP contribution in [0.1, 0.15) is 5.56 Å². The zero-order valence-corrected chi connectivity index (χ0v) is 10.2. The second kappa shape index (κ2) is 5.78. The topological polar surface area (TPSA) is 32.7 Å². The first-order valence-corrected chi connectivity index (χ1v) is 5.95. The van der Waals surface area contributed by atoms with Gasteiger partial charge in [-0.15, -0.1) is 0 Å². The molecule has 0 bridgehead atoms. The van der Waals surface area contributed by atoms with Gasteiger partial charge < -0.3 is 9.84 Å². The number of rotatable bonds is 3. The third kappa shape index (κ3) is 3.39. The lowest BCUT2D eigenvalue weighted by atomic mass is 10.2. The highest BCUT2D eigenvalue weighted by molar-refractivity contribution is 6.31. The average molecular weight is 260 g/mol. The zero-order valence-electron chi connectivity index (χ0n) is 9.40. The van der Waals surface area contributed by atoms with Crippen molar-refractivity contribution in [2.75, 3.05) is 26.3 Å². The molecule has 1 heterocycles. The Morgan fingerprint density at radius 2 is 2.35 bits per heavy atom. The van der Waals surface area contributed by atoms with Gasteiger partial charge in [0.25, 0.3) is 0 Å². The summed E-state index contributed by atoms with van der Waals surface area (Å²) in [4.78, 5) is 2.10. The molecule has 0 saturated carbocycles. The monoisotopic (exact) mass is 259 g/mol. The fraction of sp³-hybridized carbons (Fsp3) is 0.500. The number of halogens is 2. The highest BCUT2D eigenvalue weighted by atomic mass is 35.5. The van der Waals surface area contributed by atoms with Gasteiger partial charge in [0.2, 0.25) is 0 Å². The number of benzene rings is 1. The van der Waals surface area contributed by atoms with E-state index in [0.717, 1.165) is 12.1 Å². The number of aliphatic hydroxyl groups excluding tert-OH is 1. The molecule has 1 aliphatic heterocycles. The van der Waals surface area contributed by atoms with E-state index in [9.17, 15) is 4.39 Å². The van der Waals surface area contributed by atoms with Gasteiger partial charge in [-0.25, -0.2) is 4.39 Å². The van der Waals surface area contributed by atoms with E-state index < -0.39 is 0 Å². The van der Waals surface area contributed by atoms with Gasteiger partial charge in [0.05, 0.1) is 19.3 Å². The van der Waals surface area contributed by atoms with Gasteiger partial charge >= 0.3 is 0 Å². The number of nitrogens with zero attached hydrogens (tertiary/aromatic N) is 1. The predicted molar refractivity (Wildman–Crippen MR) is 63.5 cm³/mol. The Morgan fingerprint density at radius 3 is 3.12 bits per heavy atom. The molecular weight excluding hydrogens is 245 g/mol. The Labute approximate surface area is 105 Å². The second-order valence-electron chi connectivity index (χ2n) is 4.15. The van der Waals surface area contributed by atoms with Crippen LogP contribution < -0.4 is 0 Å². The normalized spacial score (nSPS) is 21.7. The standard InChI is InChI=1S/C12H15ClFNO2/c13-12-2-1-10(14)5-9(12)6-15-3-4-17-11(7-15)8-16/h1-2,5,11,16H,3-4,6-8H2. The first-order valence-electron chi connectivity index (χ1n) is 5.58. The molecule has 1 saturated heterocycles. The summed E-state index contributed by atoms with van der Waals surface area (Å²) in [5.74, 6) is -0.281. The molecule has 1 aromatic carbocycles. The van der Waals surface area contributed by atoms with E-state index in [1.165, 1.54) is 12.1 Å². The molecule has 17 heavy (non-hydrogen) atoms. The van der Waals surface area contributed by atoms with Crippen LogP contribution in [-0.2, 0) is 11.3 Å². The second-order valence-corrected chi connectivity index (χ2v) is 4.55. The Morgan fingerprint density at radius 1 is 1.53 bits per heavy atom. The minimum atomic E-state index is -0.281. The van der Waals surface area contributed by atoms with Gasteiger partial charge in [0.1, 0.15) is 5.82 Å². The SMILES string of the molecule is OCC1CN(Cc2cc(F)ccc2Cl)CCO1. The lowest BCUT2D eigenvalue weighted by Crippen LogP contribution is -2.43. The van der Waals surface area contributed by atoms with Crippen molar-refractivity contribution < 1.29 is 14.2 Å². The number of ether oxygens (including phenoxy) is 1. The maximum absolute atomic E-state index is 13.1. The number of hydrogen-bond acceptors (Lipinski definition) is 3. The van der Waals surface area contributed by atoms with Crippen LogP contribution in [-0.4, -0.2) is 42.4 Å². The molecule has 1 aromatic rings. The van der Waals surface area contributed by atoms with Crippen LogP contribution in [0.2, 0.25) is 5.02 Å². The van der Waals surface area contributed by atoms with E-state index in [0.29, 0.717) is 24.7 Å². The van der Waals surface area contributed by atoms with Gasteiger partial charge in [0.15, 0.2) is 0 Å². The largest absolute Gasteiger partial charge is 0.394 e. The molecule has 5 heteroatoms.